The number of amides is 1. The van der Waals surface area contributed by atoms with Crippen LogP contribution in [0, 0.1) is 11.8 Å². The minimum atomic E-state index is -0.303. The zero-order chi connectivity index (χ0) is 16.4. The first kappa shape index (κ1) is 16.0. The fourth-order valence-electron chi connectivity index (χ4n) is 2.41. The molecule has 0 aliphatic carbocycles. The van der Waals surface area contributed by atoms with Crippen molar-refractivity contribution in [2.24, 2.45) is 11.8 Å². The molecule has 1 aromatic heterocycles. The first-order chi connectivity index (χ1) is 11.0. The molecule has 6 nitrogen and oxygen atoms in total. The zero-order valence-corrected chi connectivity index (χ0v) is 13.8. The van der Waals surface area contributed by atoms with Crippen molar-refractivity contribution < 1.29 is 9.32 Å². The molecule has 0 spiro atoms. The third-order valence-electron chi connectivity index (χ3n) is 4.21. The second-order valence-electron chi connectivity index (χ2n) is 5.90. The van der Waals surface area contributed by atoms with Crippen molar-refractivity contribution in [3.63, 3.8) is 0 Å². The van der Waals surface area contributed by atoms with Crippen LogP contribution in [0.25, 0.3) is 11.5 Å². The Bertz CT molecular complexity index is 682. The molecule has 2 aromatic rings. The summed E-state index contributed by atoms with van der Waals surface area (Å²) in [7, 11) is 0. The number of carbonyl (C=O) groups is 1. The molecule has 1 amide bonds. The van der Waals surface area contributed by atoms with Gasteiger partial charge in [0.1, 0.15) is 0 Å². The van der Waals surface area contributed by atoms with Gasteiger partial charge in [0, 0.05) is 16.5 Å². The maximum absolute atomic E-state index is 12.2. The molecule has 2 heterocycles. The average Bonchev–Trinajstić information content (AvgIpc) is 2.96. The summed E-state index contributed by atoms with van der Waals surface area (Å²) in [5.41, 5.74) is 0.792. The Morgan fingerprint density at radius 1 is 1.35 bits per heavy atom. The first-order valence-corrected chi connectivity index (χ1v) is 8.03. The van der Waals surface area contributed by atoms with Gasteiger partial charge in [0.2, 0.25) is 5.91 Å². The van der Waals surface area contributed by atoms with E-state index in [-0.39, 0.29) is 17.9 Å². The summed E-state index contributed by atoms with van der Waals surface area (Å²) in [4.78, 5) is 16.6. The van der Waals surface area contributed by atoms with E-state index in [1.807, 2.05) is 26.0 Å². The zero-order valence-electron chi connectivity index (χ0n) is 13.0. The van der Waals surface area contributed by atoms with Gasteiger partial charge in [-0.15, -0.1) is 0 Å². The maximum atomic E-state index is 12.2. The summed E-state index contributed by atoms with van der Waals surface area (Å²) < 4.78 is 5.27. The van der Waals surface area contributed by atoms with Crippen LogP contribution in [0.15, 0.2) is 28.8 Å². The van der Waals surface area contributed by atoms with Crippen LogP contribution in [0.3, 0.4) is 0 Å². The van der Waals surface area contributed by atoms with Gasteiger partial charge in [0.05, 0.1) is 6.04 Å². The van der Waals surface area contributed by atoms with Crippen molar-refractivity contribution in [3.05, 3.63) is 35.1 Å². The molecule has 23 heavy (non-hydrogen) atoms. The lowest BCUT2D eigenvalue weighted by atomic mass is 9.88. The molecule has 2 N–H and O–H groups in total. The van der Waals surface area contributed by atoms with Gasteiger partial charge in [-0.2, -0.15) is 4.98 Å². The topological polar surface area (TPSA) is 80.0 Å². The highest BCUT2D eigenvalue weighted by atomic mass is 35.5. The normalized spacial score (nSPS) is 17.3. The van der Waals surface area contributed by atoms with Gasteiger partial charge in [-0.25, -0.2) is 0 Å². The lowest BCUT2D eigenvalue weighted by Crippen LogP contribution is -2.49. The van der Waals surface area contributed by atoms with Crippen LogP contribution in [-0.4, -0.2) is 29.1 Å². The molecule has 1 aliphatic heterocycles. The van der Waals surface area contributed by atoms with E-state index in [0.717, 1.165) is 18.7 Å². The molecule has 1 aromatic carbocycles. The number of nitrogens with zero attached hydrogens (tertiary/aromatic N) is 2. The number of benzene rings is 1. The molecule has 1 saturated heterocycles. The van der Waals surface area contributed by atoms with Crippen molar-refractivity contribution >= 4 is 17.5 Å². The average molecular weight is 335 g/mol. The van der Waals surface area contributed by atoms with Crippen LogP contribution in [0.1, 0.15) is 25.7 Å². The van der Waals surface area contributed by atoms with Crippen LogP contribution in [0.5, 0.6) is 0 Å². The highest BCUT2D eigenvalue weighted by Crippen LogP contribution is 2.22. The van der Waals surface area contributed by atoms with Crippen LogP contribution in [-0.2, 0) is 4.79 Å². The largest absolute Gasteiger partial charge is 0.346 e. The van der Waals surface area contributed by atoms with Crippen molar-refractivity contribution in [2.75, 3.05) is 13.1 Å². The quantitative estimate of drug-likeness (QED) is 0.877. The third kappa shape index (κ3) is 3.54. The summed E-state index contributed by atoms with van der Waals surface area (Å²) in [5.74, 6) is 1.26. The van der Waals surface area contributed by atoms with Crippen molar-refractivity contribution in [1.29, 1.82) is 0 Å². The Labute approximate surface area is 139 Å². The molecular formula is C16H19ClN4O2. The Morgan fingerprint density at radius 2 is 2.04 bits per heavy atom. The van der Waals surface area contributed by atoms with E-state index >= 15 is 0 Å². The lowest BCUT2D eigenvalue weighted by molar-refractivity contribution is -0.127. The predicted octanol–water partition coefficient (Wildman–Crippen LogP) is 2.42. The van der Waals surface area contributed by atoms with Gasteiger partial charge >= 0.3 is 0 Å². The fourth-order valence-corrected chi connectivity index (χ4v) is 2.53. The Hall–Kier alpha value is -1.92. The second-order valence-corrected chi connectivity index (χ2v) is 6.34. The Kier molecular flexibility index (Phi) is 4.63. The number of hydrogen-bond acceptors (Lipinski definition) is 5. The van der Waals surface area contributed by atoms with Gasteiger partial charge in [0.15, 0.2) is 5.82 Å². The number of halogens is 1. The van der Waals surface area contributed by atoms with Gasteiger partial charge in [-0.3, -0.25) is 4.79 Å². The Balaban J connectivity index is 1.64. The van der Waals surface area contributed by atoms with Gasteiger partial charge in [-0.05, 0) is 50.2 Å². The molecule has 1 aliphatic rings. The van der Waals surface area contributed by atoms with Gasteiger partial charge in [0.25, 0.3) is 5.89 Å². The summed E-state index contributed by atoms with van der Waals surface area (Å²) >= 11 is 5.87. The van der Waals surface area contributed by atoms with Gasteiger partial charge < -0.3 is 15.2 Å². The van der Waals surface area contributed by atoms with E-state index in [1.165, 1.54) is 0 Å². The summed E-state index contributed by atoms with van der Waals surface area (Å²) in [6, 6.07) is 6.85. The number of hydrogen-bond donors (Lipinski definition) is 2. The molecule has 3 rings (SSSR count). The monoisotopic (exact) mass is 334 g/mol. The van der Waals surface area contributed by atoms with Crippen LogP contribution in [0.4, 0.5) is 0 Å². The number of nitrogens with one attached hydrogen (secondary N) is 2. The van der Waals surface area contributed by atoms with E-state index in [4.69, 9.17) is 16.1 Å². The molecule has 0 bridgehead atoms. The van der Waals surface area contributed by atoms with Crippen LogP contribution >= 0.6 is 11.6 Å². The van der Waals surface area contributed by atoms with Crippen molar-refractivity contribution in [2.45, 2.75) is 19.9 Å². The minimum Gasteiger partial charge on any atom is -0.346 e. The SMILES string of the molecule is CC(NC(=O)C(C)C1CNC1)c1noc(-c2ccc(Cl)cc2)n1. The Morgan fingerprint density at radius 3 is 2.65 bits per heavy atom. The van der Waals surface area contributed by atoms with E-state index in [1.54, 1.807) is 12.1 Å². The number of carbonyl (C=O) groups excluding carboxylic acids is 1. The van der Waals surface area contributed by atoms with E-state index in [9.17, 15) is 4.79 Å². The van der Waals surface area contributed by atoms with E-state index in [2.05, 4.69) is 20.8 Å². The number of rotatable bonds is 5. The number of aromatic nitrogens is 2. The molecule has 2 unspecified atom stereocenters. The molecule has 7 heteroatoms. The van der Waals surface area contributed by atoms with Crippen LogP contribution in [0.2, 0.25) is 5.02 Å². The molecule has 122 valence electrons. The summed E-state index contributed by atoms with van der Waals surface area (Å²) in [6.45, 7) is 5.58. The second kappa shape index (κ2) is 6.68. The standard InChI is InChI=1S/C16H19ClN4O2/c1-9(12-7-18-8-12)15(22)19-10(2)14-20-16(23-21-14)11-3-5-13(17)6-4-11/h3-6,9-10,12,18H,7-8H2,1-2H3,(H,19,22). The van der Waals surface area contributed by atoms with E-state index in [0.29, 0.717) is 22.7 Å². The third-order valence-corrected chi connectivity index (χ3v) is 4.46. The smallest absolute Gasteiger partial charge is 0.257 e. The highest BCUT2D eigenvalue weighted by molar-refractivity contribution is 6.30. The van der Waals surface area contributed by atoms with Crippen LogP contribution < -0.4 is 10.6 Å². The summed E-state index contributed by atoms with van der Waals surface area (Å²) in [6.07, 6.45) is 0. The molecule has 2 atom stereocenters. The van der Waals surface area contributed by atoms with E-state index < -0.39 is 0 Å². The molecule has 0 saturated carbocycles. The molecule has 1 fully saturated rings. The minimum absolute atomic E-state index is 0.0156. The van der Waals surface area contributed by atoms with Crippen molar-refractivity contribution in [1.82, 2.24) is 20.8 Å². The molecule has 0 radical (unpaired) electrons. The molecular weight excluding hydrogens is 316 g/mol. The fraction of sp³-hybridized carbons (Fsp3) is 0.438. The van der Waals surface area contributed by atoms with Crippen molar-refractivity contribution in [3.8, 4) is 11.5 Å². The highest BCUT2D eigenvalue weighted by Gasteiger charge is 2.30. The lowest BCUT2D eigenvalue weighted by Gasteiger charge is -2.32. The van der Waals surface area contributed by atoms with Gasteiger partial charge in [-0.1, -0.05) is 23.7 Å². The summed E-state index contributed by atoms with van der Waals surface area (Å²) in [5, 5.41) is 10.7. The first-order valence-electron chi connectivity index (χ1n) is 7.65. The predicted molar refractivity (Wildman–Crippen MR) is 86.8 cm³/mol. The maximum Gasteiger partial charge on any atom is 0.257 e.